The Kier molecular flexibility index (Phi) is 6.02. The van der Waals surface area contributed by atoms with E-state index < -0.39 is 41.2 Å². The van der Waals surface area contributed by atoms with Crippen LogP contribution < -0.4 is 0 Å². The molecule has 3 aromatic rings. The molecule has 4 rings (SSSR count). The Labute approximate surface area is 183 Å². The number of benzene rings is 2. The maximum atomic E-state index is 14.8. The van der Waals surface area contributed by atoms with Crippen molar-refractivity contribution in [2.24, 2.45) is 0 Å². The number of hydrogen-bond acceptors (Lipinski definition) is 4. The summed E-state index contributed by atoms with van der Waals surface area (Å²) in [5.74, 6) is -4.90. The molecule has 1 saturated heterocycles. The van der Waals surface area contributed by atoms with Crippen molar-refractivity contribution in [1.29, 1.82) is 0 Å². The highest BCUT2D eigenvalue weighted by Crippen LogP contribution is 2.29. The number of imidazole rings is 1. The topological polar surface area (TPSA) is 53.3 Å². The van der Waals surface area contributed by atoms with Gasteiger partial charge in [-0.15, -0.1) is 0 Å². The summed E-state index contributed by atoms with van der Waals surface area (Å²) in [5, 5.41) is 0. The van der Waals surface area contributed by atoms with Crippen LogP contribution in [-0.4, -0.2) is 34.8 Å². The van der Waals surface area contributed by atoms with E-state index in [4.69, 9.17) is 9.47 Å². The third-order valence-corrected chi connectivity index (χ3v) is 5.70. The molecule has 5 nitrogen and oxygen atoms in total. The first kappa shape index (κ1) is 21.8. The fourth-order valence-corrected chi connectivity index (χ4v) is 3.83. The number of ether oxygens (including phenoxy) is 2. The molecule has 0 aliphatic carbocycles. The predicted octanol–water partition coefficient (Wildman–Crippen LogP) is 4.91. The van der Waals surface area contributed by atoms with Gasteiger partial charge in [-0.2, -0.15) is 0 Å². The van der Waals surface area contributed by atoms with Crippen LogP contribution in [-0.2, 0) is 22.4 Å². The first-order valence-electron chi connectivity index (χ1n) is 9.59. The minimum Gasteiger partial charge on any atom is -0.462 e. The van der Waals surface area contributed by atoms with Gasteiger partial charge in [-0.3, -0.25) is 0 Å². The minimum atomic E-state index is -1.35. The number of nitrogens with zero attached hydrogens (tertiary/aromatic N) is 2. The molecule has 2 aromatic carbocycles. The SMILES string of the molecule is CCOC(=O)c1cc(F)c2nc(Cc3c(F)cc(Br)c(F)c3F)n(CC3CCO3)c2c1. The van der Waals surface area contributed by atoms with Crippen molar-refractivity contribution >= 4 is 32.9 Å². The molecule has 0 spiro atoms. The van der Waals surface area contributed by atoms with Crippen LogP contribution in [0, 0.1) is 23.3 Å². The number of fused-ring (bicyclic) bond motifs is 1. The van der Waals surface area contributed by atoms with E-state index in [1.54, 1.807) is 11.5 Å². The molecule has 10 heteroatoms. The Morgan fingerprint density at radius 3 is 2.61 bits per heavy atom. The molecule has 1 unspecified atom stereocenters. The number of carbonyl (C=O) groups excluding carboxylic acids is 1. The highest BCUT2D eigenvalue weighted by molar-refractivity contribution is 9.10. The minimum absolute atomic E-state index is 0.0128. The maximum absolute atomic E-state index is 14.8. The van der Waals surface area contributed by atoms with Crippen molar-refractivity contribution in [2.45, 2.75) is 32.4 Å². The summed E-state index contributed by atoms with van der Waals surface area (Å²) in [5.41, 5.74) is -0.355. The molecule has 0 saturated carbocycles. The van der Waals surface area contributed by atoms with Crippen molar-refractivity contribution in [3.63, 3.8) is 0 Å². The fraction of sp³-hybridized carbons (Fsp3) is 0.333. The average molecular weight is 501 g/mol. The van der Waals surface area contributed by atoms with Gasteiger partial charge in [0.15, 0.2) is 17.5 Å². The second-order valence-electron chi connectivity index (χ2n) is 7.09. The van der Waals surface area contributed by atoms with Crippen LogP contribution in [0.2, 0.25) is 0 Å². The molecule has 0 bridgehead atoms. The van der Waals surface area contributed by atoms with E-state index in [0.29, 0.717) is 6.61 Å². The zero-order chi connectivity index (χ0) is 22.3. The molecule has 0 N–H and O–H groups in total. The lowest BCUT2D eigenvalue weighted by atomic mass is 10.1. The second-order valence-corrected chi connectivity index (χ2v) is 7.94. The van der Waals surface area contributed by atoms with Gasteiger partial charge >= 0.3 is 5.97 Å². The molecule has 1 atom stereocenters. The van der Waals surface area contributed by atoms with E-state index in [9.17, 15) is 22.4 Å². The van der Waals surface area contributed by atoms with Crippen LogP contribution in [0.3, 0.4) is 0 Å². The normalized spacial score (nSPS) is 15.9. The van der Waals surface area contributed by atoms with Crippen LogP contribution in [0.1, 0.15) is 35.1 Å². The van der Waals surface area contributed by atoms with E-state index in [1.807, 2.05) is 0 Å². The van der Waals surface area contributed by atoms with Crippen molar-refractivity contribution in [3.8, 4) is 0 Å². The molecule has 31 heavy (non-hydrogen) atoms. The van der Waals surface area contributed by atoms with Crippen LogP contribution in [0.25, 0.3) is 11.0 Å². The van der Waals surface area contributed by atoms with E-state index in [2.05, 4.69) is 20.9 Å². The Bertz CT molecular complexity index is 1180. The third-order valence-electron chi connectivity index (χ3n) is 5.12. The van der Waals surface area contributed by atoms with Crippen molar-refractivity contribution in [3.05, 3.63) is 62.9 Å². The van der Waals surface area contributed by atoms with E-state index in [-0.39, 0.29) is 46.1 Å². The molecule has 0 radical (unpaired) electrons. The smallest absolute Gasteiger partial charge is 0.338 e. The van der Waals surface area contributed by atoms with Gasteiger partial charge in [-0.1, -0.05) is 0 Å². The molecule has 2 heterocycles. The molecule has 1 fully saturated rings. The fourth-order valence-electron chi connectivity index (χ4n) is 3.46. The quantitative estimate of drug-likeness (QED) is 0.209. The third kappa shape index (κ3) is 4.06. The van der Waals surface area contributed by atoms with Gasteiger partial charge in [0.1, 0.15) is 17.2 Å². The first-order valence-corrected chi connectivity index (χ1v) is 10.4. The first-order chi connectivity index (χ1) is 14.8. The van der Waals surface area contributed by atoms with E-state index in [0.717, 1.165) is 18.6 Å². The summed E-state index contributed by atoms with van der Waals surface area (Å²) in [6, 6.07) is 3.25. The Morgan fingerprint density at radius 2 is 1.97 bits per heavy atom. The van der Waals surface area contributed by atoms with E-state index in [1.165, 1.54) is 6.07 Å². The predicted molar refractivity (Wildman–Crippen MR) is 107 cm³/mol. The molecule has 1 aromatic heterocycles. The molecule has 164 valence electrons. The van der Waals surface area contributed by atoms with Crippen molar-refractivity contribution in [1.82, 2.24) is 9.55 Å². The van der Waals surface area contributed by atoms with Crippen LogP contribution in [0.4, 0.5) is 17.6 Å². The van der Waals surface area contributed by atoms with Gasteiger partial charge in [-0.05, 0) is 47.5 Å². The molecular formula is C21H17BrF4N2O3. The number of rotatable bonds is 6. The van der Waals surface area contributed by atoms with Gasteiger partial charge in [0, 0.05) is 18.6 Å². The van der Waals surface area contributed by atoms with Crippen LogP contribution in [0.15, 0.2) is 22.7 Å². The lowest BCUT2D eigenvalue weighted by molar-refractivity contribution is -0.0589. The highest BCUT2D eigenvalue weighted by atomic mass is 79.9. The zero-order valence-electron chi connectivity index (χ0n) is 16.4. The summed E-state index contributed by atoms with van der Waals surface area (Å²) in [4.78, 5) is 16.3. The lowest BCUT2D eigenvalue weighted by Gasteiger charge is -2.27. The highest BCUT2D eigenvalue weighted by Gasteiger charge is 2.26. The molecule has 1 aliphatic heterocycles. The number of halogens is 5. The monoisotopic (exact) mass is 500 g/mol. The van der Waals surface area contributed by atoms with Gasteiger partial charge in [0.05, 0.1) is 34.8 Å². The van der Waals surface area contributed by atoms with Gasteiger partial charge in [-0.25, -0.2) is 27.3 Å². The lowest BCUT2D eigenvalue weighted by Crippen LogP contribution is -2.31. The summed E-state index contributed by atoms with van der Waals surface area (Å²) in [6.07, 6.45) is 0.133. The Hall–Kier alpha value is -2.46. The average Bonchev–Trinajstić information content (AvgIpc) is 3.04. The summed E-state index contributed by atoms with van der Waals surface area (Å²) < 4.78 is 69.2. The van der Waals surface area contributed by atoms with Crippen LogP contribution in [0.5, 0.6) is 0 Å². The summed E-state index contributed by atoms with van der Waals surface area (Å²) >= 11 is 2.77. The molecule has 0 amide bonds. The summed E-state index contributed by atoms with van der Waals surface area (Å²) in [6.45, 7) is 2.55. The van der Waals surface area contributed by atoms with Crippen molar-refractivity contribution in [2.75, 3.05) is 13.2 Å². The number of esters is 1. The van der Waals surface area contributed by atoms with E-state index >= 15 is 0 Å². The standard InChI is InChI=1S/C21H17BrF4N2O3/c1-2-30-21(29)10-5-15(24)20-16(6-10)28(9-11-3-4-31-11)17(27-20)7-12-14(23)8-13(22)19(26)18(12)25/h5-6,8,11H,2-4,7,9H2,1H3. The van der Waals surface area contributed by atoms with Crippen molar-refractivity contribution < 1.29 is 31.8 Å². The Morgan fingerprint density at radius 1 is 1.23 bits per heavy atom. The van der Waals surface area contributed by atoms with Gasteiger partial charge in [0.2, 0.25) is 0 Å². The second kappa shape index (κ2) is 8.58. The molecule has 1 aliphatic rings. The number of aromatic nitrogens is 2. The van der Waals surface area contributed by atoms with Gasteiger partial charge in [0.25, 0.3) is 0 Å². The molecular weight excluding hydrogens is 484 g/mol. The number of hydrogen-bond donors (Lipinski definition) is 0. The summed E-state index contributed by atoms with van der Waals surface area (Å²) in [7, 11) is 0. The Balaban J connectivity index is 1.85. The zero-order valence-corrected chi connectivity index (χ0v) is 17.9. The largest absolute Gasteiger partial charge is 0.462 e. The number of carbonyl (C=O) groups is 1. The van der Waals surface area contributed by atoms with Gasteiger partial charge < -0.3 is 14.0 Å². The maximum Gasteiger partial charge on any atom is 0.338 e. The van der Waals surface area contributed by atoms with Crippen LogP contribution >= 0.6 is 15.9 Å².